The molecule has 4 heteroatoms. The number of hydrogen-bond acceptors (Lipinski definition) is 3. The number of hydrogen-bond donors (Lipinski definition) is 1. The van der Waals surface area contributed by atoms with Gasteiger partial charge in [-0.3, -0.25) is 10.1 Å². The molecule has 1 amide bonds. The summed E-state index contributed by atoms with van der Waals surface area (Å²) in [6.45, 7) is 6.56. The molecule has 3 atom stereocenters. The van der Waals surface area contributed by atoms with Crippen molar-refractivity contribution in [3.05, 3.63) is 0 Å². The van der Waals surface area contributed by atoms with Gasteiger partial charge in [0.1, 0.15) is 0 Å². The maximum Gasteiger partial charge on any atom is 0.237 e. The Morgan fingerprint density at radius 1 is 1.47 bits per heavy atom. The highest BCUT2D eigenvalue weighted by Gasteiger charge is 2.35. The molecule has 0 aromatic rings. The third kappa shape index (κ3) is 2.80. The predicted octanol–water partition coefficient (Wildman–Crippen LogP) is 1.36. The molecular weight excluding hydrogens is 216 g/mol. The summed E-state index contributed by atoms with van der Waals surface area (Å²) in [7, 11) is 0. The third-order valence-corrected chi connectivity index (χ3v) is 3.93. The lowest BCUT2D eigenvalue weighted by Gasteiger charge is -2.28. The lowest BCUT2D eigenvalue weighted by atomic mass is 9.98. The van der Waals surface area contributed by atoms with E-state index in [1.54, 1.807) is 0 Å². The summed E-state index contributed by atoms with van der Waals surface area (Å²) >= 11 is 0. The van der Waals surface area contributed by atoms with Crippen molar-refractivity contribution in [1.29, 1.82) is 0 Å². The molecule has 0 spiro atoms. The van der Waals surface area contributed by atoms with Crippen LogP contribution in [0.25, 0.3) is 0 Å². The summed E-state index contributed by atoms with van der Waals surface area (Å²) in [5.74, 6) is 0.786. The molecule has 0 aromatic heterocycles. The highest BCUT2D eigenvalue weighted by molar-refractivity contribution is 5.80. The van der Waals surface area contributed by atoms with Gasteiger partial charge in [-0.05, 0) is 19.3 Å². The summed E-state index contributed by atoms with van der Waals surface area (Å²) in [6, 6.07) is 0. The first-order valence-corrected chi connectivity index (χ1v) is 6.90. The largest absolute Gasteiger partial charge is 0.378 e. The van der Waals surface area contributed by atoms with Crippen molar-refractivity contribution < 1.29 is 9.53 Å². The van der Waals surface area contributed by atoms with Crippen molar-refractivity contribution in [2.45, 2.75) is 51.8 Å². The second kappa shape index (κ2) is 5.83. The Balaban J connectivity index is 1.93. The molecule has 4 nitrogen and oxygen atoms in total. The Kier molecular flexibility index (Phi) is 4.40. The van der Waals surface area contributed by atoms with E-state index >= 15 is 0 Å². The average Bonchev–Trinajstić information content (AvgIpc) is 2.90. The maximum absolute atomic E-state index is 11.9. The van der Waals surface area contributed by atoms with Crippen molar-refractivity contribution in [2.75, 3.05) is 19.7 Å². The van der Waals surface area contributed by atoms with Crippen LogP contribution < -0.4 is 5.32 Å². The molecule has 2 fully saturated rings. The molecule has 2 aliphatic rings. The number of ether oxygens (including phenoxy) is 1. The van der Waals surface area contributed by atoms with Crippen LogP contribution in [-0.2, 0) is 9.53 Å². The number of rotatable bonds is 5. The Hall–Kier alpha value is -0.610. The van der Waals surface area contributed by atoms with E-state index in [0.29, 0.717) is 18.6 Å². The number of carbonyl (C=O) groups is 1. The SMILES string of the molecule is CCCC1NCC(=O)N1CC1CCOC1CC. The second-order valence-corrected chi connectivity index (χ2v) is 5.10. The fourth-order valence-corrected chi connectivity index (χ4v) is 2.96. The van der Waals surface area contributed by atoms with Gasteiger partial charge in [-0.15, -0.1) is 0 Å². The van der Waals surface area contributed by atoms with Crippen LogP contribution in [0, 0.1) is 5.92 Å². The number of nitrogens with zero attached hydrogens (tertiary/aromatic N) is 1. The lowest BCUT2D eigenvalue weighted by molar-refractivity contribution is -0.128. The van der Waals surface area contributed by atoms with E-state index in [0.717, 1.165) is 38.8 Å². The number of nitrogens with one attached hydrogen (secondary N) is 1. The Labute approximate surface area is 104 Å². The van der Waals surface area contributed by atoms with Gasteiger partial charge in [-0.25, -0.2) is 0 Å². The van der Waals surface area contributed by atoms with Gasteiger partial charge in [0.05, 0.1) is 18.8 Å². The summed E-state index contributed by atoms with van der Waals surface area (Å²) in [4.78, 5) is 13.9. The minimum absolute atomic E-state index is 0.255. The minimum atomic E-state index is 0.255. The van der Waals surface area contributed by atoms with Crippen molar-refractivity contribution in [3.63, 3.8) is 0 Å². The predicted molar refractivity (Wildman–Crippen MR) is 66.5 cm³/mol. The van der Waals surface area contributed by atoms with E-state index in [4.69, 9.17) is 4.74 Å². The zero-order chi connectivity index (χ0) is 12.3. The van der Waals surface area contributed by atoms with Crippen LogP contribution in [0.3, 0.4) is 0 Å². The number of amides is 1. The molecule has 0 radical (unpaired) electrons. The topological polar surface area (TPSA) is 41.6 Å². The first kappa shape index (κ1) is 12.8. The highest BCUT2D eigenvalue weighted by Crippen LogP contribution is 2.26. The van der Waals surface area contributed by atoms with Crippen LogP contribution in [-0.4, -0.2) is 42.8 Å². The van der Waals surface area contributed by atoms with Crippen LogP contribution in [0.1, 0.15) is 39.5 Å². The molecule has 1 N–H and O–H groups in total. The quantitative estimate of drug-likeness (QED) is 0.789. The monoisotopic (exact) mass is 240 g/mol. The van der Waals surface area contributed by atoms with E-state index in [9.17, 15) is 4.79 Å². The molecule has 2 heterocycles. The highest BCUT2D eigenvalue weighted by atomic mass is 16.5. The fraction of sp³-hybridized carbons (Fsp3) is 0.923. The second-order valence-electron chi connectivity index (χ2n) is 5.10. The molecule has 2 saturated heterocycles. The molecule has 0 aliphatic carbocycles. The average molecular weight is 240 g/mol. The van der Waals surface area contributed by atoms with E-state index < -0.39 is 0 Å². The van der Waals surface area contributed by atoms with Crippen molar-refractivity contribution >= 4 is 5.91 Å². The first-order chi connectivity index (χ1) is 8.26. The van der Waals surface area contributed by atoms with E-state index in [-0.39, 0.29) is 12.1 Å². The van der Waals surface area contributed by atoms with Gasteiger partial charge in [0.2, 0.25) is 5.91 Å². The van der Waals surface area contributed by atoms with Crippen LogP contribution >= 0.6 is 0 Å². The van der Waals surface area contributed by atoms with Crippen LogP contribution in [0.5, 0.6) is 0 Å². The van der Waals surface area contributed by atoms with Gasteiger partial charge in [0, 0.05) is 19.1 Å². The van der Waals surface area contributed by atoms with Gasteiger partial charge >= 0.3 is 0 Å². The Bertz CT molecular complexity index is 270. The summed E-state index contributed by atoms with van der Waals surface area (Å²) in [5, 5.41) is 3.30. The van der Waals surface area contributed by atoms with Gasteiger partial charge in [0.25, 0.3) is 0 Å². The van der Waals surface area contributed by atoms with E-state index in [2.05, 4.69) is 19.2 Å². The molecule has 0 saturated carbocycles. The van der Waals surface area contributed by atoms with Crippen molar-refractivity contribution in [1.82, 2.24) is 10.2 Å². The zero-order valence-electron chi connectivity index (χ0n) is 10.9. The van der Waals surface area contributed by atoms with Crippen LogP contribution in [0.15, 0.2) is 0 Å². The molecule has 98 valence electrons. The normalized spacial score (nSPS) is 33.6. The molecule has 0 bridgehead atoms. The van der Waals surface area contributed by atoms with Crippen molar-refractivity contribution in [2.24, 2.45) is 5.92 Å². The van der Waals surface area contributed by atoms with Gasteiger partial charge in [-0.1, -0.05) is 20.3 Å². The molecule has 2 rings (SSSR count). The Morgan fingerprint density at radius 2 is 2.29 bits per heavy atom. The smallest absolute Gasteiger partial charge is 0.237 e. The van der Waals surface area contributed by atoms with Gasteiger partial charge in [-0.2, -0.15) is 0 Å². The van der Waals surface area contributed by atoms with Crippen LogP contribution in [0.2, 0.25) is 0 Å². The summed E-state index contributed by atoms with van der Waals surface area (Å²) < 4.78 is 5.70. The minimum Gasteiger partial charge on any atom is -0.378 e. The number of carbonyl (C=O) groups excluding carboxylic acids is 1. The third-order valence-electron chi connectivity index (χ3n) is 3.93. The van der Waals surface area contributed by atoms with Crippen molar-refractivity contribution in [3.8, 4) is 0 Å². The van der Waals surface area contributed by atoms with E-state index in [1.807, 2.05) is 4.90 Å². The maximum atomic E-state index is 11.9. The molecule has 17 heavy (non-hydrogen) atoms. The van der Waals surface area contributed by atoms with Gasteiger partial charge < -0.3 is 9.64 Å². The summed E-state index contributed by atoms with van der Waals surface area (Å²) in [5.41, 5.74) is 0. The summed E-state index contributed by atoms with van der Waals surface area (Å²) in [6.07, 6.45) is 4.92. The molecule has 3 unspecified atom stereocenters. The van der Waals surface area contributed by atoms with Gasteiger partial charge in [0.15, 0.2) is 0 Å². The Morgan fingerprint density at radius 3 is 3.00 bits per heavy atom. The lowest BCUT2D eigenvalue weighted by Crippen LogP contribution is -2.41. The standard InChI is InChI=1S/C13H24N2O2/c1-3-5-12-14-8-13(16)15(12)9-10-6-7-17-11(10)4-2/h10-12,14H,3-9H2,1-2H3. The molecular formula is C13H24N2O2. The van der Waals surface area contributed by atoms with Crippen LogP contribution in [0.4, 0.5) is 0 Å². The first-order valence-electron chi connectivity index (χ1n) is 6.90. The fourth-order valence-electron chi connectivity index (χ4n) is 2.96. The molecule has 2 aliphatic heterocycles. The molecule has 0 aromatic carbocycles. The zero-order valence-corrected chi connectivity index (χ0v) is 10.9. The van der Waals surface area contributed by atoms with E-state index in [1.165, 1.54) is 0 Å².